The first kappa shape index (κ1) is 18.7. The molecule has 5 heteroatoms. The van der Waals surface area contributed by atoms with E-state index in [1.807, 2.05) is 30.3 Å². The van der Waals surface area contributed by atoms with Crippen molar-refractivity contribution in [2.75, 3.05) is 19.6 Å². The van der Waals surface area contributed by atoms with E-state index in [9.17, 15) is 10.2 Å². The van der Waals surface area contributed by atoms with E-state index in [0.29, 0.717) is 13.0 Å². The standard InChI is InChI=1S/C25H27ClN2O2/c26-18-6-7-22-20(11-18)21-12-25(30)15-28(14-16-4-5-16)9-8-24(25,13-23(21)27-22)17-2-1-3-19(29)10-17/h1-3,6-7,10-11,16,27,29-30H,4-5,8-9,12-15H2/t24-,25-/m0/s1. The van der Waals surface area contributed by atoms with Gasteiger partial charge in [0.15, 0.2) is 0 Å². The number of halogens is 1. The lowest BCUT2D eigenvalue weighted by molar-refractivity contribution is -0.103. The van der Waals surface area contributed by atoms with Gasteiger partial charge in [-0.2, -0.15) is 0 Å². The number of aromatic hydroxyl groups is 1. The van der Waals surface area contributed by atoms with Crippen LogP contribution in [0.3, 0.4) is 0 Å². The summed E-state index contributed by atoms with van der Waals surface area (Å²) in [6.07, 6.45) is 4.86. The number of phenolic OH excluding ortho intramolecular Hbond substituents is 1. The maximum atomic E-state index is 12.3. The van der Waals surface area contributed by atoms with Crippen molar-refractivity contribution in [1.29, 1.82) is 0 Å². The van der Waals surface area contributed by atoms with Crippen LogP contribution in [0.1, 0.15) is 36.1 Å². The molecule has 0 amide bonds. The van der Waals surface area contributed by atoms with Crippen LogP contribution in [-0.4, -0.2) is 45.3 Å². The summed E-state index contributed by atoms with van der Waals surface area (Å²) in [5.74, 6) is 1.06. The second-order valence-electron chi connectivity index (χ2n) is 9.72. The predicted molar refractivity (Wildman–Crippen MR) is 119 cm³/mol. The van der Waals surface area contributed by atoms with Crippen molar-refractivity contribution in [3.05, 3.63) is 64.3 Å². The summed E-state index contributed by atoms with van der Waals surface area (Å²) in [6.45, 7) is 2.74. The molecule has 1 saturated carbocycles. The molecule has 2 fully saturated rings. The number of benzene rings is 2. The molecule has 30 heavy (non-hydrogen) atoms. The number of piperidine rings is 1. The molecule has 2 aromatic carbocycles. The number of nitrogens with zero attached hydrogens (tertiary/aromatic N) is 1. The minimum absolute atomic E-state index is 0.263. The van der Waals surface area contributed by atoms with Crippen LogP contribution in [0.2, 0.25) is 5.02 Å². The lowest BCUT2D eigenvalue weighted by Gasteiger charge is -2.56. The second kappa shape index (κ2) is 6.49. The fourth-order valence-electron chi connectivity index (χ4n) is 6.02. The first-order valence-electron chi connectivity index (χ1n) is 11.0. The molecule has 2 atom stereocenters. The van der Waals surface area contributed by atoms with Crippen LogP contribution in [0.15, 0.2) is 42.5 Å². The number of fused-ring (bicyclic) bond motifs is 4. The number of nitrogens with one attached hydrogen (secondary N) is 1. The third-order valence-electron chi connectivity index (χ3n) is 7.75. The highest BCUT2D eigenvalue weighted by Gasteiger charge is 2.57. The molecule has 6 rings (SSSR count). The molecule has 2 heterocycles. The number of hydrogen-bond donors (Lipinski definition) is 3. The Morgan fingerprint density at radius 3 is 2.80 bits per heavy atom. The van der Waals surface area contributed by atoms with Gasteiger partial charge >= 0.3 is 0 Å². The Balaban J connectivity index is 1.50. The van der Waals surface area contributed by atoms with Gasteiger partial charge < -0.3 is 20.1 Å². The average Bonchev–Trinajstić information content (AvgIpc) is 3.47. The minimum Gasteiger partial charge on any atom is -0.508 e. The predicted octanol–water partition coefficient (Wildman–Crippen LogP) is 4.41. The van der Waals surface area contributed by atoms with Crippen molar-refractivity contribution in [1.82, 2.24) is 9.88 Å². The van der Waals surface area contributed by atoms with Gasteiger partial charge in [0.2, 0.25) is 0 Å². The Bertz CT molecular complexity index is 1140. The van der Waals surface area contributed by atoms with Crippen LogP contribution in [0.5, 0.6) is 5.75 Å². The van der Waals surface area contributed by atoms with E-state index in [4.69, 9.17) is 11.6 Å². The Morgan fingerprint density at radius 2 is 2.00 bits per heavy atom. The fraction of sp³-hybridized carbons (Fsp3) is 0.440. The Morgan fingerprint density at radius 1 is 1.13 bits per heavy atom. The van der Waals surface area contributed by atoms with Crippen LogP contribution in [0.25, 0.3) is 10.9 Å². The molecule has 1 saturated heterocycles. The molecule has 0 unspecified atom stereocenters. The largest absolute Gasteiger partial charge is 0.508 e. The van der Waals surface area contributed by atoms with Crippen LogP contribution >= 0.6 is 11.6 Å². The molecule has 156 valence electrons. The van der Waals surface area contributed by atoms with Crippen molar-refractivity contribution in [2.45, 2.75) is 43.1 Å². The molecule has 3 aliphatic rings. The zero-order valence-electron chi connectivity index (χ0n) is 17.0. The molecule has 4 nitrogen and oxygen atoms in total. The number of H-pyrrole nitrogens is 1. The summed E-state index contributed by atoms with van der Waals surface area (Å²) in [4.78, 5) is 6.07. The molecule has 3 aromatic rings. The molecule has 3 N–H and O–H groups in total. The molecule has 1 aromatic heterocycles. The third kappa shape index (κ3) is 2.81. The number of aromatic amines is 1. The van der Waals surface area contributed by atoms with E-state index in [1.165, 1.54) is 24.1 Å². The second-order valence-corrected chi connectivity index (χ2v) is 10.2. The molecular weight excluding hydrogens is 396 g/mol. The fourth-order valence-corrected chi connectivity index (χ4v) is 6.19. The first-order chi connectivity index (χ1) is 14.5. The SMILES string of the molecule is Oc1cccc([C@@]23CCN(CC4CC4)C[C@@]2(O)Cc2c([nH]c4ccc(Cl)cc24)C3)c1. The maximum absolute atomic E-state index is 12.3. The summed E-state index contributed by atoms with van der Waals surface area (Å²) >= 11 is 6.31. The highest BCUT2D eigenvalue weighted by molar-refractivity contribution is 6.31. The van der Waals surface area contributed by atoms with Gasteiger partial charge in [0, 0.05) is 53.0 Å². The summed E-state index contributed by atoms with van der Waals surface area (Å²) in [6, 6.07) is 13.5. The number of β-amino-alcohol motifs (C(OH)–C–C–N with tert-alkyl or cyclic N) is 1. The van der Waals surface area contributed by atoms with E-state index in [0.717, 1.165) is 53.3 Å². The maximum Gasteiger partial charge on any atom is 0.115 e. The quantitative estimate of drug-likeness (QED) is 0.586. The number of hydrogen-bond acceptors (Lipinski definition) is 3. The van der Waals surface area contributed by atoms with Gasteiger partial charge in [0.05, 0.1) is 5.60 Å². The number of likely N-dealkylation sites (tertiary alicyclic amines) is 1. The summed E-state index contributed by atoms with van der Waals surface area (Å²) < 4.78 is 0. The van der Waals surface area contributed by atoms with Crippen molar-refractivity contribution in [3.8, 4) is 5.75 Å². The number of phenols is 1. The first-order valence-corrected chi connectivity index (χ1v) is 11.4. The highest BCUT2D eigenvalue weighted by Crippen LogP contribution is 2.52. The minimum atomic E-state index is -0.891. The number of aliphatic hydroxyl groups is 1. The van der Waals surface area contributed by atoms with Crippen LogP contribution in [0.4, 0.5) is 0 Å². The van der Waals surface area contributed by atoms with Crippen LogP contribution < -0.4 is 0 Å². The summed E-state index contributed by atoms with van der Waals surface area (Å²) in [7, 11) is 0. The topological polar surface area (TPSA) is 59.5 Å². The lowest BCUT2D eigenvalue weighted by Crippen LogP contribution is -2.66. The Hall–Kier alpha value is -2.01. The number of aromatic nitrogens is 1. The van der Waals surface area contributed by atoms with Crippen molar-refractivity contribution < 1.29 is 10.2 Å². The summed E-state index contributed by atoms with van der Waals surface area (Å²) in [5.41, 5.74) is 3.20. The van der Waals surface area contributed by atoms with Crippen molar-refractivity contribution in [3.63, 3.8) is 0 Å². The zero-order valence-corrected chi connectivity index (χ0v) is 17.8. The van der Waals surface area contributed by atoms with E-state index in [2.05, 4.69) is 16.0 Å². The normalized spacial score (nSPS) is 29.0. The van der Waals surface area contributed by atoms with Crippen LogP contribution in [0, 0.1) is 5.92 Å². The van der Waals surface area contributed by atoms with Gasteiger partial charge in [-0.25, -0.2) is 0 Å². The van der Waals surface area contributed by atoms with Gasteiger partial charge in [-0.3, -0.25) is 0 Å². The van der Waals surface area contributed by atoms with Gasteiger partial charge in [-0.15, -0.1) is 0 Å². The van der Waals surface area contributed by atoms with E-state index in [-0.39, 0.29) is 5.75 Å². The molecule has 1 aliphatic heterocycles. The van der Waals surface area contributed by atoms with E-state index < -0.39 is 11.0 Å². The molecule has 0 bridgehead atoms. The van der Waals surface area contributed by atoms with Gasteiger partial charge in [-0.1, -0.05) is 23.7 Å². The molecule has 0 spiro atoms. The van der Waals surface area contributed by atoms with Gasteiger partial charge in [-0.05, 0) is 73.2 Å². The van der Waals surface area contributed by atoms with Crippen molar-refractivity contribution in [2.24, 2.45) is 5.92 Å². The smallest absolute Gasteiger partial charge is 0.115 e. The average molecular weight is 423 g/mol. The zero-order chi connectivity index (χ0) is 20.5. The molecule has 0 radical (unpaired) electrons. The third-order valence-corrected chi connectivity index (χ3v) is 7.98. The van der Waals surface area contributed by atoms with Gasteiger partial charge in [0.1, 0.15) is 5.75 Å². The van der Waals surface area contributed by atoms with Crippen LogP contribution in [-0.2, 0) is 18.3 Å². The Kier molecular flexibility index (Phi) is 4.05. The van der Waals surface area contributed by atoms with E-state index in [1.54, 1.807) is 6.07 Å². The summed E-state index contributed by atoms with van der Waals surface area (Å²) in [5, 5.41) is 24.4. The molecule has 2 aliphatic carbocycles. The van der Waals surface area contributed by atoms with E-state index >= 15 is 0 Å². The monoisotopic (exact) mass is 422 g/mol. The Labute approximate surface area is 181 Å². The van der Waals surface area contributed by atoms with Crippen molar-refractivity contribution >= 4 is 22.5 Å². The lowest BCUT2D eigenvalue weighted by atomic mass is 9.56. The molecular formula is C25H27ClN2O2. The number of rotatable bonds is 3. The highest BCUT2D eigenvalue weighted by atomic mass is 35.5. The van der Waals surface area contributed by atoms with Gasteiger partial charge in [0.25, 0.3) is 0 Å².